The molecule has 0 saturated carbocycles. The Kier molecular flexibility index (Phi) is 7.63. The lowest BCUT2D eigenvalue weighted by molar-refractivity contribution is 0.0746. The van der Waals surface area contributed by atoms with Gasteiger partial charge in [-0.1, -0.05) is 35.4 Å². The lowest BCUT2D eigenvalue weighted by Crippen LogP contribution is -2.49. The second-order valence-corrected chi connectivity index (χ2v) is 9.01. The van der Waals surface area contributed by atoms with E-state index in [1.165, 1.54) is 24.3 Å². The number of halogens is 2. The fraction of sp³-hybridized carbons (Fsp3) is 0.192. The van der Waals surface area contributed by atoms with E-state index in [0.717, 1.165) is 11.3 Å². The molecule has 0 bridgehead atoms. The van der Waals surface area contributed by atoms with Crippen LogP contribution in [0.15, 0.2) is 66.7 Å². The number of hydrogen-bond donors (Lipinski definition) is 2. The highest BCUT2D eigenvalue weighted by Gasteiger charge is 2.25. The lowest BCUT2D eigenvalue weighted by atomic mass is 10.1. The fourth-order valence-electron chi connectivity index (χ4n) is 3.88. The van der Waals surface area contributed by atoms with E-state index in [4.69, 9.17) is 23.8 Å². The van der Waals surface area contributed by atoms with Crippen LogP contribution in [0.5, 0.6) is 0 Å². The zero-order valence-electron chi connectivity index (χ0n) is 19.1. The largest absolute Gasteiger partial charge is 0.365 e. The number of hydrogen-bond acceptors (Lipinski definition) is 4. The number of anilines is 2. The molecular weight excluding hydrogens is 487 g/mol. The topological polar surface area (TPSA) is 64.7 Å². The first-order valence-corrected chi connectivity index (χ1v) is 11.9. The zero-order chi connectivity index (χ0) is 24.9. The fourth-order valence-corrected chi connectivity index (χ4v) is 4.38. The summed E-state index contributed by atoms with van der Waals surface area (Å²) in [6.07, 6.45) is 0. The first kappa shape index (κ1) is 24.6. The molecule has 0 unspecified atom stereocenters. The Labute approximate surface area is 213 Å². The summed E-state index contributed by atoms with van der Waals surface area (Å²) in [7, 11) is 0. The summed E-state index contributed by atoms with van der Waals surface area (Å²) < 4.78 is 13.1. The summed E-state index contributed by atoms with van der Waals surface area (Å²) in [6.45, 7) is 4.25. The van der Waals surface area contributed by atoms with Gasteiger partial charge in [-0.15, -0.1) is 0 Å². The van der Waals surface area contributed by atoms with Crippen LogP contribution in [-0.4, -0.2) is 48.0 Å². The van der Waals surface area contributed by atoms with Gasteiger partial charge >= 0.3 is 0 Å². The Morgan fingerprint density at radius 3 is 2.20 bits per heavy atom. The number of piperazine rings is 1. The third-order valence-electron chi connectivity index (χ3n) is 5.75. The first-order valence-electron chi connectivity index (χ1n) is 11.1. The number of aryl methyl sites for hydroxylation is 1. The van der Waals surface area contributed by atoms with Crippen molar-refractivity contribution in [1.82, 2.24) is 10.2 Å². The maximum Gasteiger partial charge on any atom is 0.257 e. The molecule has 9 heteroatoms. The Balaban J connectivity index is 1.41. The third kappa shape index (κ3) is 5.96. The molecule has 0 spiro atoms. The highest BCUT2D eigenvalue weighted by Crippen LogP contribution is 2.34. The molecule has 6 nitrogen and oxygen atoms in total. The molecule has 0 aliphatic carbocycles. The van der Waals surface area contributed by atoms with E-state index in [-0.39, 0.29) is 16.6 Å². The van der Waals surface area contributed by atoms with Gasteiger partial charge in [0.05, 0.1) is 16.4 Å². The van der Waals surface area contributed by atoms with E-state index in [9.17, 15) is 14.0 Å². The van der Waals surface area contributed by atoms with Crippen LogP contribution in [0, 0.1) is 12.7 Å². The molecule has 1 aliphatic rings. The van der Waals surface area contributed by atoms with Crippen molar-refractivity contribution in [1.29, 1.82) is 0 Å². The second kappa shape index (κ2) is 10.8. The molecule has 2 amide bonds. The van der Waals surface area contributed by atoms with Crippen molar-refractivity contribution >= 4 is 52.1 Å². The van der Waals surface area contributed by atoms with Gasteiger partial charge < -0.3 is 15.1 Å². The molecule has 1 saturated heterocycles. The summed E-state index contributed by atoms with van der Waals surface area (Å²) in [6, 6.07) is 18.1. The minimum Gasteiger partial charge on any atom is -0.365 e. The smallest absolute Gasteiger partial charge is 0.257 e. The number of nitrogens with zero attached hydrogens (tertiary/aromatic N) is 2. The molecule has 2 N–H and O–H groups in total. The number of amides is 2. The molecule has 1 fully saturated rings. The van der Waals surface area contributed by atoms with Crippen LogP contribution < -0.4 is 15.5 Å². The summed E-state index contributed by atoms with van der Waals surface area (Å²) in [5.74, 6) is -0.868. The van der Waals surface area contributed by atoms with Gasteiger partial charge in [-0.3, -0.25) is 14.9 Å². The summed E-state index contributed by atoms with van der Waals surface area (Å²) in [4.78, 5) is 29.2. The highest BCUT2D eigenvalue weighted by atomic mass is 35.5. The Morgan fingerprint density at radius 1 is 0.914 bits per heavy atom. The van der Waals surface area contributed by atoms with Crippen LogP contribution in [-0.2, 0) is 0 Å². The molecule has 1 heterocycles. The van der Waals surface area contributed by atoms with Gasteiger partial charge in [-0.2, -0.15) is 0 Å². The number of benzene rings is 3. The van der Waals surface area contributed by atoms with E-state index in [1.807, 2.05) is 42.2 Å². The molecule has 35 heavy (non-hydrogen) atoms. The Bertz CT molecular complexity index is 1240. The van der Waals surface area contributed by atoms with Gasteiger partial charge in [0.15, 0.2) is 5.11 Å². The van der Waals surface area contributed by atoms with E-state index >= 15 is 0 Å². The number of thiocarbonyl (C=S) groups is 1. The minimum absolute atomic E-state index is 0.00633. The normalized spacial score (nSPS) is 13.3. The minimum atomic E-state index is -0.450. The van der Waals surface area contributed by atoms with Crippen molar-refractivity contribution in [2.45, 2.75) is 6.92 Å². The average molecular weight is 511 g/mol. The summed E-state index contributed by atoms with van der Waals surface area (Å²) >= 11 is 11.9. The van der Waals surface area contributed by atoms with Crippen molar-refractivity contribution in [3.63, 3.8) is 0 Å². The maximum absolute atomic E-state index is 13.1. The van der Waals surface area contributed by atoms with E-state index in [1.54, 1.807) is 12.1 Å². The van der Waals surface area contributed by atoms with Crippen LogP contribution in [0.4, 0.5) is 15.8 Å². The molecule has 1 aliphatic heterocycles. The van der Waals surface area contributed by atoms with E-state index in [2.05, 4.69) is 15.5 Å². The van der Waals surface area contributed by atoms with Gasteiger partial charge in [0, 0.05) is 37.3 Å². The van der Waals surface area contributed by atoms with Gasteiger partial charge in [0.25, 0.3) is 11.8 Å². The second-order valence-electron chi connectivity index (χ2n) is 8.20. The number of carbonyl (C=O) groups excluding carboxylic acids is 2. The molecule has 3 aromatic carbocycles. The van der Waals surface area contributed by atoms with Gasteiger partial charge in [0.2, 0.25) is 0 Å². The molecule has 3 aromatic rings. The quantitative estimate of drug-likeness (QED) is 0.490. The number of rotatable bonds is 4. The molecule has 0 atom stereocenters. The van der Waals surface area contributed by atoms with Crippen molar-refractivity contribution in [3.05, 3.63) is 94.3 Å². The van der Waals surface area contributed by atoms with Gasteiger partial charge in [-0.05, 0) is 67.7 Å². The average Bonchev–Trinajstić information content (AvgIpc) is 2.85. The van der Waals surface area contributed by atoms with Crippen LogP contribution in [0.25, 0.3) is 0 Å². The maximum atomic E-state index is 13.1. The third-order valence-corrected chi connectivity index (χ3v) is 6.26. The predicted molar refractivity (Wildman–Crippen MR) is 141 cm³/mol. The molecule has 0 aromatic heterocycles. The van der Waals surface area contributed by atoms with Crippen molar-refractivity contribution in [3.8, 4) is 0 Å². The molecule has 0 radical (unpaired) electrons. The predicted octanol–water partition coefficient (Wildman–Crippen LogP) is 4.88. The molecular formula is C26H24ClFN4O2S. The van der Waals surface area contributed by atoms with E-state index in [0.29, 0.717) is 42.5 Å². The van der Waals surface area contributed by atoms with Crippen LogP contribution in [0.3, 0.4) is 0 Å². The van der Waals surface area contributed by atoms with Crippen LogP contribution in [0.2, 0.25) is 5.02 Å². The van der Waals surface area contributed by atoms with Gasteiger partial charge in [-0.25, -0.2) is 4.39 Å². The highest BCUT2D eigenvalue weighted by molar-refractivity contribution is 7.80. The first-order chi connectivity index (χ1) is 16.8. The van der Waals surface area contributed by atoms with Gasteiger partial charge in [0.1, 0.15) is 5.82 Å². The van der Waals surface area contributed by atoms with Crippen LogP contribution >= 0.6 is 23.8 Å². The monoisotopic (exact) mass is 510 g/mol. The molecule has 180 valence electrons. The van der Waals surface area contributed by atoms with Crippen molar-refractivity contribution in [2.75, 3.05) is 36.4 Å². The number of nitrogens with one attached hydrogen (secondary N) is 2. The number of carbonyl (C=O) groups is 2. The summed E-state index contributed by atoms with van der Waals surface area (Å²) in [5, 5.41) is 6.27. The SMILES string of the molecule is Cc1ccc(C(=O)N2CCN(c3c(Cl)cccc3NC(=S)NC(=O)c3ccc(F)cc3)CC2)cc1. The van der Waals surface area contributed by atoms with Crippen LogP contribution in [0.1, 0.15) is 26.3 Å². The Hall–Kier alpha value is -3.49. The Morgan fingerprint density at radius 2 is 1.54 bits per heavy atom. The zero-order valence-corrected chi connectivity index (χ0v) is 20.6. The van der Waals surface area contributed by atoms with E-state index < -0.39 is 11.7 Å². The standard InChI is InChI=1S/C26H24ClFN4O2S/c1-17-5-7-19(8-6-17)25(34)32-15-13-31(14-16-32)23-21(27)3-2-4-22(23)29-26(35)30-24(33)18-9-11-20(28)12-10-18/h2-12H,13-16H2,1H3,(H2,29,30,33,35). The van der Waals surface area contributed by atoms with Crippen molar-refractivity contribution < 1.29 is 14.0 Å². The summed E-state index contributed by atoms with van der Waals surface area (Å²) in [5.41, 5.74) is 3.45. The number of para-hydroxylation sites is 1. The molecule has 4 rings (SSSR count). The van der Waals surface area contributed by atoms with Crippen molar-refractivity contribution in [2.24, 2.45) is 0 Å². The lowest BCUT2D eigenvalue weighted by Gasteiger charge is -2.37.